The molecule has 36 heavy (non-hydrogen) atoms. The summed E-state index contributed by atoms with van der Waals surface area (Å²) in [6.07, 6.45) is 4.09. The monoisotopic (exact) mass is 489 g/mol. The van der Waals surface area contributed by atoms with Gasteiger partial charge in [0, 0.05) is 55.7 Å². The summed E-state index contributed by atoms with van der Waals surface area (Å²) in [6, 6.07) is 13.4. The maximum atomic E-state index is 13.2. The lowest BCUT2D eigenvalue weighted by molar-refractivity contribution is 0.0758. The lowest BCUT2D eigenvalue weighted by Crippen LogP contribution is -2.46. The number of fused-ring (bicyclic) bond motifs is 1. The van der Waals surface area contributed by atoms with Gasteiger partial charge in [-0.15, -0.1) is 0 Å². The summed E-state index contributed by atoms with van der Waals surface area (Å²) in [7, 11) is 0. The molecule has 2 saturated heterocycles. The first-order valence-electron chi connectivity index (χ1n) is 13.1. The Labute approximate surface area is 212 Å². The van der Waals surface area contributed by atoms with E-state index in [9.17, 15) is 14.7 Å². The molecule has 0 unspecified atom stereocenters. The molecule has 2 amide bonds. The number of hydrogen-bond acceptors (Lipinski definition) is 5. The molecule has 2 N–H and O–H groups in total. The zero-order chi connectivity index (χ0) is 25.3. The largest absolute Gasteiger partial charge is 0.482 e. The van der Waals surface area contributed by atoms with Crippen LogP contribution in [0.5, 0.6) is 5.75 Å². The Morgan fingerprint density at radius 2 is 1.78 bits per heavy atom. The highest BCUT2D eigenvalue weighted by Gasteiger charge is 2.37. The summed E-state index contributed by atoms with van der Waals surface area (Å²) >= 11 is 0. The minimum absolute atomic E-state index is 0.0309. The van der Waals surface area contributed by atoms with Gasteiger partial charge in [0.2, 0.25) is 0 Å². The van der Waals surface area contributed by atoms with Crippen molar-refractivity contribution in [1.82, 2.24) is 15.1 Å². The molecule has 0 aromatic heterocycles. The zero-order valence-electron chi connectivity index (χ0n) is 21.1. The first-order valence-corrected chi connectivity index (χ1v) is 13.1. The van der Waals surface area contributed by atoms with Crippen LogP contribution in [0.25, 0.3) is 5.57 Å². The van der Waals surface area contributed by atoms with E-state index in [1.165, 1.54) is 0 Å². The molecule has 2 aromatic carbocycles. The normalized spacial score (nSPS) is 20.5. The number of nitrogens with zero attached hydrogens (tertiary/aromatic N) is 2. The predicted molar refractivity (Wildman–Crippen MR) is 139 cm³/mol. The molecule has 0 saturated carbocycles. The fraction of sp³-hybridized carbons (Fsp3) is 0.448. The van der Waals surface area contributed by atoms with Gasteiger partial charge >= 0.3 is 0 Å². The molecule has 7 heteroatoms. The Bertz CT molecular complexity index is 1160. The van der Waals surface area contributed by atoms with Crippen molar-refractivity contribution in [2.75, 3.05) is 39.3 Å². The molecular formula is C29H35N3O4. The van der Waals surface area contributed by atoms with Gasteiger partial charge in [0.25, 0.3) is 11.8 Å². The zero-order valence-corrected chi connectivity index (χ0v) is 21.1. The lowest BCUT2D eigenvalue weighted by atomic mass is 9.83. The number of carbonyl (C=O) groups is 2. The molecular weight excluding hydrogens is 454 g/mol. The molecule has 3 aliphatic rings. The molecule has 0 radical (unpaired) electrons. The average Bonchev–Trinajstić information content (AvgIpc) is 3.35. The van der Waals surface area contributed by atoms with Crippen LogP contribution in [0.3, 0.4) is 0 Å². The fourth-order valence-corrected chi connectivity index (χ4v) is 5.48. The third-order valence-corrected chi connectivity index (χ3v) is 7.63. The summed E-state index contributed by atoms with van der Waals surface area (Å²) in [5.74, 6) is 0.732. The third kappa shape index (κ3) is 4.65. The van der Waals surface area contributed by atoms with E-state index in [-0.39, 0.29) is 11.8 Å². The number of rotatable bonds is 5. The van der Waals surface area contributed by atoms with Crippen LogP contribution < -0.4 is 10.1 Å². The summed E-state index contributed by atoms with van der Waals surface area (Å²) in [5.41, 5.74) is 3.77. The van der Waals surface area contributed by atoms with E-state index in [1.807, 2.05) is 61.2 Å². The molecule has 1 spiro atoms. The van der Waals surface area contributed by atoms with Crippen molar-refractivity contribution in [3.8, 4) is 5.75 Å². The topological polar surface area (TPSA) is 82.1 Å². The number of hydrogen-bond donors (Lipinski definition) is 2. The highest BCUT2D eigenvalue weighted by Crippen LogP contribution is 2.43. The SMILES string of the molecule is CCN(CC)C(=O)c1ccc(C2=CC3(CCNCC3)Oc3ccc(C(=O)N4CC[C@@H](O)C4)cc32)cc1. The second-order valence-corrected chi connectivity index (χ2v) is 9.93. The van der Waals surface area contributed by atoms with Crippen LogP contribution in [0, 0.1) is 0 Å². The molecule has 2 aromatic rings. The van der Waals surface area contributed by atoms with Crippen molar-refractivity contribution in [3.05, 3.63) is 70.8 Å². The Kier molecular flexibility index (Phi) is 6.86. The van der Waals surface area contributed by atoms with Crippen molar-refractivity contribution in [2.45, 2.75) is 44.8 Å². The van der Waals surface area contributed by atoms with Gasteiger partial charge in [-0.05, 0) is 80.9 Å². The maximum absolute atomic E-state index is 13.2. The Morgan fingerprint density at radius 1 is 1.08 bits per heavy atom. The minimum atomic E-state index is -0.456. The molecule has 3 heterocycles. The molecule has 0 aliphatic carbocycles. The molecule has 3 aliphatic heterocycles. The number of aliphatic hydroxyl groups is 1. The molecule has 2 fully saturated rings. The first-order chi connectivity index (χ1) is 17.4. The van der Waals surface area contributed by atoms with E-state index < -0.39 is 11.7 Å². The minimum Gasteiger partial charge on any atom is -0.482 e. The van der Waals surface area contributed by atoms with Crippen LogP contribution in [0.15, 0.2) is 48.5 Å². The van der Waals surface area contributed by atoms with Gasteiger partial charge < -0.3 is 25.0 Å². The fourth-order valence-electron chi connectivity index (χ4n) is 5.48. The second kappa shape index (κ2) is 10.1. The van der Waals surface area contributed by atoms with Crippen LogP contribution in [0.2, 0.25) is 0 Å². The number of piperidine rings is 1. The van der Waals surface area contributed by atoms with Crippen molar-refractivity contribution in [1.29, 1.82) is 0 Å². The number of β-amino-alcohol motifs (C(OH)–C–C–N with tert-alkyl or cyclic N) is 1. The molecule has 190 valence electrons. The average molecular weight is 490 g/mol. The van der Waals surface area contributed by atoms with Gasteiger partial charge in [0.1, 0.15) is 11.4 Å². The highest BCUT2D eigenvalue weighted by molar-refractivity contribution is 5.98. The number of amides is 2. The van der Waals surface area contributed by atoms with Gasteiger partial charge in [-0.3, -0.25) is 9.59 Å². The number of benzene rings is 2. The molecule has 7 nitrogen and oxygen atoms in total. The Hall–Kier alpha value is -3.16. The summed E-state index contributed by atoms with van der Waals surface area (Å²) in [4.78, 5) is 29.5. The second-order valence-electron chi connectivity index (χ2n) is 9.93. The molecule has 1 atom stereocenters. The summed E-state index contributed by atoms with van der Waals surface area (Å²) in [5, 5.41) is 13.3. The number of carbonyl (C=O) groups excluding carboxylic acids is 2. The van der Waals surface area contributed by atoms with Crippen molar-refractivity contribution in [2.24, 2.45) is 0 Å². The van der Waals surface area contributed by atoms with Gasteiger partial charge in [-0.2, -0.15) is 0 Å². The van der Waals surface area contributed by atoms with Crippen LogP contribution in [0.4, 0.5) is 0 Å². The van der Waals surface area contributed by atoms with Gasteiger partial charge in [-0.25, -0.2) is 0 Å². The van der Waals surface area contributed by atoms with E-state index >= 15 is 0 Å². The van der Waals surface area contributed by atoms with Gasteiger partial charge in [-0.1, -0.05) is 12.1 Å². The van der Waals surface area contributed by atoms with E-state index in [1.54, 1.807) is 4.90 Å². The number of ether oxygens (including phenoxy) is 1. The van der Waals surface area contributed by atoms with Crippen molar-refractivity contribution >= 4 is 17.4 Å². The van der Waals surface area contributed by atoms with E-state index in [2.05, 4.69) is 11.4 Å². The number of likely N-dealkylation sites (tertiary alicyclic amines) is 1. The lowest BCUT2D eigenvalue weighted by Gasteiger charge is -2.40. The number of nitrogens with one attached hydrogen (secondary N) is 1. The van der Waals surface area contributed by atoms with Crippen molar-refractivity contribution in [3.63, 3.8) is 0 Å². The summed E-state index contributed by atoms with van der Waals surface area (Å²) in [6.45, 7) is 8.01. The summed E-state index contributed by atoms with van der Waals surface area (Å²) < 4.78 is 6.57. The number of aliphatic hydroxyl groups excluding tert-OH is 1. The van der Waals surface area contributed by atoms with Crippen LogP contribution in [-0.4, -0.2) is 77.7 Å². The maximum Gasteiger partial charge on any atom is 0.253 e. The van der Waals surface area contributed by atoms with Crippen LogP contribution in [0.1, 0.15) is 65.0 Å². The standard InChI is InChI=1S/C29H35N3O4/c1-3-31(4-2)27(34)21-7-5-20(6-8-21)25-18-29(12-14-30-15-13-29)36-26-10-9-22(17-24(25)26)28(35)32-16-11-23(33)19-32/h5-10,17-18,23,30,33H,3-4,11-16,19H2,1-2H3/t23-/m1/s1. The first kappa shape index (κ1) is 24.5. The smallest absolute Gasteiger partial charge is 0.253 e. The van der Waals surface area contributed by atoms with E-state index in [4.69, 9.17) is 4.74 Å². The Balaban J connectivity index is 1.52. The predicted octanol–water partition coefficient (Wildman–Crippen LogP) is 3.32. The third-order valence-electron chi connectivity index (χ3n) is 7.63. The van der Waals surface area contributed by atoms with E-state index in [0.717, 1.165) is 48.4 Å². The molecule has 0 bridgehead atoms. The Morgan fingerprint density at radius 3 is 2.42 bits per heavy atom. The van der Waals surface area contributed by atoms with Gasteiger partial charge in [0.15, 0.2) is 0 Å². The molecule has 5 rings (SSSR count). The van der Waals surface area contributed by atoms with Crippen LogP contribution in [-0.2, 0) is 0 Å². The van der Waals surface area contributed by atoms with E-state index in [0.29, 0.717) is 43.7 Å². The van der Waals surface area contributed by atoms with Crippen molar-refractivity contribution < 1.29 is 19.4 Å². The quantitative estimate of drug-likeness (QED) is 0.674. The highest BCUT2D eigenvalue weighted by atomic mass is 16.5. The van der Waals surface area contributed by atoms with Crippen LogP contribution >= 0.6 is 0 Å². The van der Waals surface area contributed by atoms with Gasteiger partial charge in [0.05, 0.1) is 6.10 Å².